The average Bonchev–Trinajstić information content (AvgIpc) is 3.44. The maximum atomic E-state index is 13.6. The van der Waals surface area contributed by atoms with Crippen molar-refractivity contribution in [1.29, 1.82) is 5.26 Å². The molecule has 1 N–H and O–H groups in total. The zero-order valence-electron chi connectivity index (χ0n) is 17.8. The number of halogens is 1. The van der Waals surface area contributed by atoms with Crippen LogP contribution in [-0.4, -0.2) is 56.8 Å². The van der Waals surface area contributed by atoms with Crippen molar-refractivity contribution in [3.63, 3.8) is 0 Å². The van der Waals surface area contributed by atoms with Gasteiger partial charge in [-0.3, -0.25) is 9.48 Å². The number of hydrogen-bond donors (Lipinski definition) is 1. The van der Waals surface area contributed by atoms with E-state index < -0.39 is 11.8 Å². The standard InChI is InChI=1S/C22H20FN7O3/c1-28-10-14(19-4-6-25-33-19)11-30-20(21(28)31)16-12-29(7-5-18(16)27-30)22(32)26-15-2-3-17(23)13(8-15)9-24/h2-4,6,8,14H,5,7,10-12H2,1H3,(H,26,32). The molecule has 1 atom stereocenters. The summed E-state index contributed by atoms with van der Waals surface area (Å²) < 4.78 is 20.6. The van der Waals surface area contributed by atoms with E-state index in [4.69, 9.17) is 9.78 Å². The Morgan fingerprint density at radius 1 is 1.33 bits per heavy atom. The summed E-state index contributed by atoms with van der Waals surface area (Å²) in [5.74, 6) is -0.207. The van der Waals surface area contributed by atoms with Crippen LogP contribution in [0.2, 0.25) is 0 Å². The molecule has 0 bridgehead atoms. The number of carbonyl (C=O) groups is 2. The third-order valence-electron chi connectivity index (χ3n) is 6.02. The lowest BCUT2D eigenvalue weighted by Gasteiger charge is -2.27. The summed E-state index contributed by atoms with van der Waals surface area (Å²) in [6.07, 6.45) is 2.08. The molecule has 2 aliphatic heterocycles. The molecule has 1 aromatic carbocycles. The van der Waals surface area contributed by atoms with Gasteiger partial charge in [-0.2, -0.15) is 10.4 Å². The number of benzene rings is 1. The average molecular weight is 449 g/mol. The van der Waals surface area contributed by atoms with Gasteiger partial charge in [0.25, 0.3) is 5.91 Å². The molecule has 168 valence electrons. The van der Waals surface area contributed by atoms with Crippen molar-refractivity contribution >= 4 is 17.6 Å². The lowest BCUT2D eigenvalue weighted by Crippen LogP contribution is -2.39. The number of urea groups is 1. The molecule has 0 saturated heterocycles. The van der Waals surface area contributed by atoms with Crippen molar-refractivity contribution in [2.45, 2.75) is 25.4 Å². The van der Waals surface area contributed by atoms with Gasteiger partial charge in [0.2, 0.25) is 0 Å². The first-order valence-corrected chi connectivity index (χ1v) is 10.4. The largest absolute Gasteiger partial charge is 0.361 e. The number of carbonyl (C=O) groups excluding carboxylic acids is 2. The van der Waals surface area contributed by atoms with Crippen molar-refractivity contribution in [2.75, 3.05) is 25.5 Å². The first-order valence-electron chi connectivity index (χ1n) is 10.4. The molecule has 0 fully saturated rings. The normalized spacial score (nSPS) is 17.7. The van der Waals surface area contributed by atoms with Crippen molar-refractivity contribution in [3.8, 4) is 6.07 Å². The van der Waals surface area contributed by atoms with Crippen molar-refractivity contribution < 1.29 is 18.5 Å². The van der Waals surface area contributed by atoms with Crippen LogP contribution < -0.4 is 5.32 Å². The van der Waals surface area contributed by atoms with Crippen LogP contribution in [0.3, 0.4) is 0 Å². The van der Waals surface area contributed by atoms with E-state index in [9.17, 15) is 14.0 Å². The molecule has 10 nitrogen and oxygen atoms in total. The second kappa shape index (κ2) is 8.05. The number of rotatable bonds is 2. The molecule has 3 amide bonds. The zero-order valence-corrected chi connectivity index (χ0v) is 17.8. The lowest BCUT2D eigenvalue weighted by atomic mass is 10.0. The molecule has 0 aliphatic carbocycles. The van der Waals surface area contributed by atoms with Crippen molar-refractivity contribution in [1.82, 2.24) is 24.7 Å². The number of likely N-dealkylation sites (N-methyl/N-ethyl adjacent to an activating group) is 1. The Labute approximate surface area is 188 Å². The Morgan fingerprint density at radius 3 is 2.94 bits per heavy atom. The molecule has 0 saturated carbocycles. The Morgan fingerprint density at radius 2 is 2.18 bits per heavy atom. The van der Waals surface area contributed by atoms with Gasteiger partial charge in [0.15, 0.2) is 0 Å². The first-order chi connectivity index (χ1) is 15.9. The van der Waals surface area contributed by atoms with Gasteiger partial charge in [-0.05, 0) is 18.2 Å². The molecule has 1 unspecified atom stereocenters. The first kappa shape index (κ1) is 20.7. The third-order valence-corrected chi connectivity index (χ3v) is 6.02. The minimum absolute atomic E-state index is 0.0868. The van der Waals surface area contributed by atoms with Gasteiger partial charge in [-0.1, -0.05) is 5.16 Å². The van der Waals surface area contributed by atoms with Gasteiger partial charge in [-0.15, -0.1) is 0 Å². The molecule has 0 radical (unpaired) electrons. The summed E-state index contributed by atoms with van der Waals surface area (Å²) in [5.41, 5.74) is 2.17. The molecule has 11 heteroatoms. The van der Waals surface area contributed by atoms with Crippen molar-refractivity contribution in [3.05, 3.63) is 64.6 Å². The minimum atomic E-state index is -0.646. The van der Waals surface area contributed by atoms with E-state index in [0.29, 0.717) is 43.2 Å². The number of amides is 3. The van der Waals surface area contributed by atoms with Gasteiger partial charge in [-0.25, -0.2) is 9.18 Å². The summed E-state index contributed by atoms with van der Waals surface area (Å²) in [7, 11) is 1.73. The Hall–Kier alpha value is -4.20. The number of nitriles is 1. The number of nitrogens with one attached hydrogen (secondary N) is 1. The van der Waals surface area contributed by atoms with E-state index in [2.05, 4.69) is 15.6 Å². The second-order valence-electron chi connectivity index (χ2n) is 8.16. The van der Waals surface area contributed by atoms with E-state index >= 15 is 0 Å². The van der Waals surface area contributed by atoms with Crippen LogP contribution in [0.1, 0.15) is 39.0 Å². The summed E-state index contributed by atoms with van der Waals surface area (Å²) in [6, 6.07) is 6.97. The molecule has 2 aromatic heterocycles. The summed E-state index contributed by atoms with van der Waals surface area (Å²) in [5, 5.41) is 20.2. The van der Waals surface area contributed by atoms with E-state index in [0.717, 1.165) is 17.3 Å². The van der Waals surface area contributed by atoms with Gasteiger partial charge in [0, 0.05) is 43.9 Å². The van der Waals surface area contributed by atoms with Gasteiger partial charge in [0.05, 0.1) is 36.5 Å². The Bertz CT molecular complexity index is 1280. The molecule has 3 aromatic rings. The van der Waals surface area contributed by atoms with Crippen LogP contribution in [0.4, 0.5) is 14.9 Å². The fourth-order valence-corrected chi connectivity index (χ4v) is 4.34. The van der Waals surface area contributed by atoms with Gasteiger partial charge >= 0.3 is 6.03 Å². The fourth-order valence-electron chi connectivity index (χ4n) is 4.34. The molecule has 5 rings (SSSR count). The predicted molar refractivity (Wildman–Crippen MR) is 113 cm³/mol. The topological polar surface area (TPSA) is 120 Å². The highest BCUT2D eigenvalue weighted by Gasteiger charge is 2.35. The SMILES string of the molecule is CN1CC(c2ccno2)Cn2nc3c(c2C1=O)CN(C(=O)Nc1ccc(F)c(C#N)c1)CC3. The van der Waals surface area contributed by atoms with Crippen molar-refractivity contribution in [2.24, 2.45) is 0 Å². The Kier molecular flexibility index (Phi) is 5.05. The number of anilines is 1. The van der Waals surface area contributed by atoms with Gasteiger partial charge < -0.3 is 19.6 Å². The molecular weight excluding hydrogens is 429 g/mol. The number of nitrogens with zero attached hydrogens (tertiary/aromatic N) is 6. The fraction of sp³-hybridized carbons (Fsp3) is 0.318. The molecule has 0 spiro atoms. The summed E-state index contributed by atoms with van der Waals surface area (Å²) >= 11 is 0. The maximum absolute atomic E-state index is 13.6. The van der Waals surface area contributed by atoms with Gasteiger partial charge in [0.1, 0.15) is 23.3 Å². The van der Waals surface area contributed by atoms with Crippen LogP contribution >= 0.6 is 0 Å². The number of aromatic nitrogens is 3. The number of hydrogen-bond acceptors (Lipinski definition) is 6. The van der Waals surface area contributed by atoms with E-state index in [-0.39, 0.29) is 23.9 Å². The Balaban J connectivity index is 1.39. The van der Waals surface area contributed by atoms with Crippen LogP contribution in [0.5, 0.6) is 0 Å². The quantitative estimate of drug-likeness (QED) is 0.641. The van der Waals surface area contributed by atoms with Crippen LogP contribution in [0.25, 0.3) is 0 Å². The van der Waals surface area contributed by atoms with E-state index in [1.807, 2.05) is 0 Å². The number of fused-ring (bicyclic) bond motifs is 3. The predicted octanol–water partition coefficient (Wildman–Crippen LogP) is 2.34. The molecular formula is C22H20FN7O3. The lowest BCUT2D eigenvalue weighted by molar-refractivity contribution is 0.0786. The third kappa shape index (κ3) is 3.69. The monoisotopic (exact) mass is 449 g/mol. The maximum Gasteiger partial charge on any atom is 0.322 e. The van der Waals surface area contributed by atoms with Crippen LogP contribution in [-0.2, 0) is 19.5 Å². The van der Waals surface area contributed by atoms with E-state index in [1.54, 1.807) is 39.9 Å². The highest BCUT2D eigenvalue weighted by Crippen LogP contribution is 2.30. The molecule has 33 heavy (non-hydrogen) atoms. The summed E-state index contributed by atoms with van der Waals surface area (Å²) in [6.45, 7) is 1.56. The highest BCUT2D eigenvalue weighted by molar-refractivity contribution is 5.95. The smallest absolute Gasteiger partial charge is 0.322 e. The zero-order chi connectivity index (χ0) is 23.1. The van der Waals surface area contributed by atoms with E-state index in [1.165, 1.54) is 12.1 Å². The summed E-state index contributed by atoms with van der Waals surface area (Å²) in [4.78, 5) is 29.3. The minimum Gasteiger partial charge on any atom is -0.361 e. The molecule has 2 aliphatic rings. The molecule has 4 heterocycles. The van der Waals surface area contributed by atoms with Crippen LogP contribution in [0.15, 0.2) is 35.0 Å². The second-order valence-corrected chi connectivity index (χ2v) is 8.16. The highest BCUT2D eigenvalue weighted by atomic mass is 19.1. The van der Waals surface area contributed by atoms with Crippen LogP contribution in [0, 0.1) is 17.1 Å².